The molecule has 0 radical (unpaired) electrons. The van der Waals surface area contributed by atoms with Gasteiger partial charge < -0.3 is 26.6 Å². The van der Waals surface area contributed by atoms with Crippen molar-refractivity contribution in [1.82, 2.24) is 15.3 Å². The average molecular weight is 544 g/mol. The third-order valence-electron chi connectivity index (χ3n) is 7.06. The van der Waals surface area contributed by atoms with Crippen molar-refractivity contribution in [3.63, 3.8) is 0 Å². The van der Waals surface area contributed by atoms with E-state index in [0.717, 1.165) is 42.9 Å². The molecule has 5 rings (SSSR count). The van der Waals surface area contributed by atoms with Gasteiger partial charge >= 0.3 is 11.9 Å². The van der Waals surface area contributed by atoms with Crippen molar-refractivity contribution in [1.29, 1.82) is 0 Å². The van der Waals surface area contributed by atoms with Gasteiger partial charge in [-0.3, -0.25) is 4.79 Å². The monoisotopic (exact) mass is 543 g/mol. The normalized spacial score (nSPS) is 14.7. The summed E-state index contributed by atoms with van der Waals surface area (Å²) in [7, 11) is 1.36. The molecule has 0 saturated heterocycles. The van der Waals surface area contributed by atoms with Gasteiger partial charge in [-0.05, 0) is 37.1 Å². The molecule has 10 heteroatoms. The number of nitrogens with two attached hydrogens (primary N) is 2. The molecule has 2 heterocycles. The van der Waals surface area contributed by atoms with Crippen molar-refractivity contribution < 1.29 is 24.2 Å². The predicted octanol–water partition coefficient (Wildman–Crippen LogP) is 4.72. The van der Waals surface area contributed by atoms with Crippen LogP contribution in [0.15, 0.2) is 60.7 Å². The Morgan fingerprint density at radius 1 is 0.800 bits per heavy atom. The van der Waals surface area contributed by atoms with E-state index < -0.39 is 23.4 Å². The van der Waals surface area contributed by atoms with Gasteiger partial charge in [-0.15, -0.1) is 0 Å². The lowest BCUT2D eigenvalue weighted by molar-refractivity contribution is -0.149. The van der Waals surface area contributed by atoms with Crippen molar-refractivity contribution in [2.24, 2.45) is 0 Å². The highest BCUT2D eigenvalue weighted by molar-refractivity contribution is 6.02. The van der Waals surface area contributed by atoms with Gasteiger partial charge in [-0.2, -0.15) is 0 Å². The Hall–Kier alpha value is -4.73. The highest BCUT2D eigenvalue weighted by Crippen LogP contribution is 2.29. The van der Waals surface area contributed by atoms with E-state index >= 15 is 0 Å². The number of nitrogens with one attached hydrogen (secondary N) is 1. The average Bonchev–Trinajstić information content (AvgIpc) is 2.93. The van der Waals surface area contributed by atoms with Crippen LogP contribution in [-0.2, 0) is 9.53 Å². The van der Waals surface area contributed by atoms with E-state index in [1.165, 1.54) is 7.11 Å². The molecule has 0 atom stereocenters. The summed E-state index contributed by atoms with van der Waals surface area (Å²) in [5.41, 5.74) is 12.5. The second-order valence-electron chi connectivity index (χ2n) is 9.84. The number of pyridine rings is 2. The molecular formula is C30H33N5O5. The van der Waals surface area contributed by atoms with Crippen LogP contribution in [0.25, 0.3) is 21.8 Å². The fourth-order valence-corrected chi connectivity index (χ4v) is 4.98. The van der Waals surface area contributed by atoms with Crippen LogP contribution in [-0.4, -0.2) is 45.6 Å². The zero-order valence-electron chi connectivity index (χ0n) is 22.4. The number of nitrogen functional groups attached to an aromatic ring is 2. The molecule has 1 aliphatic rings. The van der Waals surface area contributed by atoms with Gasteiger partial charge in [0.15, 0.2) is 11.4 Å². The molecule has 1 saturated carbocycles. The lowest BCUT2D eigenvalue weighted by Gasteiger charge is -2.33. The molecule has 10 nitrogen and oxygen atoms in total. The maximum atomic E-state index is 12.9. The number of carbonyl (C=O) groups excluding carboxylic acids is 2. The second-order valence-corrected chi connectivity index (χ2v) is 9.84. The minimum Gasteiger partial charge on any atom is -0.476 e. The smallest absolute Gasteiger partial charge is 0.356 e. The maximum Gasteiger partial charge on any atom is 0.356 e. The zero-order chi connectivity index (χ0) is 28.7. The van der Waals surface area contributed by atoms with Crippen LogP contribution < -0.4 is 16.8 Å². The van der Waals surface area contributed by atoms with Crippen molar-refractivity contribution in [3.05, 3.63) is 72.1 Å². The Labute approximate surface area is 231 Å². The quantitative estimate of drug-likeness (QED) is 0.266. The minimum atomic E-state index is -1.10. The molecular weight excluding hydrogens is 510 g/mol. The molecule has 208 valence electrons. The standard InChI is InChI=1S/C20H25N3O3.C10H8N2O2/c1-26-19(25)20(11-7-3-2-4-8-12-20)23-18(24)17-15(21)13-14-9-5-6-10-16(14)22-17;11-7-5-6-3-1-2-4-8(6)12-9(7)10(13)14/h5-6,9-10,13H,2-4,7-8,11-12,21H2,1H3,(H,23,24);1-5H,11H2,(H,13,14). The number of ether oxygens (including phenoxy) is 1. The Balaban J connectivity index is 0.000000222. The molecule has 0 spiro atoms. The molecule has 0 bridgehead atoms. The molecule has 1 fully saturated rings. The number of carboxylic acids is 1. The second kappa shape index (κ2) is 12.4. The number of benzene rings is 2. The molecule has 2 aromatic heterocycles. The summed E-state index contributed by atoms with van der Waals surface area (Å²) in [5, 5.41) is 13.4. The highest BCUT2D eigenvalue weighted by atomic mass is 16.5. The van der Waals surface area contributed by atoms with E-state index in [2.05, 4.69) is 15.3 Å². The number of carboxylic acid groups (broad SMARTS) is 1. The fourth-order valence-electron chi connectivity index (χ4n) is 4.98. The number of aromatic carboxylic acids is 1. The summed E-state index contributed by atoms with van der Waals surface area (Å²) in [5.74, 6) is -1.93. The number of amides is 1. The van der Waals surface area contributed by atoms with E-state index in [-0.39, 0.29) is 17.1 Å². The highest BCUT2D eigenvalue weighted by Gasteiger charge is 2.41. The van der Waals surface area contributed by atoms with E-state index in [9.17, 15) is 14.4 Å². The summed E-state index contributed by atoms with van der Waals surface area (Å²) in [6.07, 6.45) is 6.13. The molecule has 1 aliphatic carbocycles. The number of hydrogen-bond donors (Lipinski definition) is 4. The molecule has 0 aliphatic heterocycles. The maximum absolute atomic E-state index is 12.9. The molecule has 6 N–H and O–H groups in total. The Morgan fingerprint density at radius 3 is 1.80 bits per heavy atom. The topological polar surface area (TPSA) is 171 Å². The van der Waals surface area contributed by atoms with Gasteiger partial charge in [0.05, 0.1) is 29.5 Å². The Kier molecular flexibility index (Phi) is 8.78. The van der Waals surface area contributed by atoms with E-state index in [1.54, 1.807) is 24.3 Å². The van der Waals surface area contributed by atoms with Crippen LogP contribution in [0.5, 0.6) is 0 Å². The summed E-state index contributed by atoms with van der Waals surface area (Å²) in [4.78, 5) is 44.6. The predicted molar refractivity (Wildman–Crippen MR) is 154 cm³/mol. The number of para-hydroxylation sites is 2. The summed E-state index contributed by atoms with van der Waals surface area (Å²) < 4.78 is 5.02. The number of rotatable bonds is 4. The first-order chi connectivity index (χ1) is 19.2. The van der Waals surface area contributed by atoms with Crippen molar-refractivity contribution >= 4 is 51.0 Å². The third kappa shape index (κ3) is 6.28. The number of methoxy groups -OCH3 is 1. The third-order valence-corrected chi connectivity index (χ3v) is 7.06. The number of esters is 1. The summed E-state index contributed by atoms with van der Waals surface area (Å²) >= 11 is 0. The van der Waals surface area contributed by atoms with Gasteiger partial charge in [0, 0.05) is 10.8 Å². The van der Waals surface area contributed by atoms with Crippen LogP contribution in [0.1, 0.15) is 65.9 Å². The minimum absolute atomic E-state index is 0.0938. The SMILES string of the molecule is COC(=O)C1(NC(=O)c2nc3ccccc3cc2N)CCCCCCC1.Nc1cc2ccccc2nc1C(=O)O. The van der Waals surface area contributed by atoms with E-state index in [1.807, 2.05) is 36.4 Å². The van der Waals surface area contributed by atoms with Gasteiger partial charge in [0.25, 0.3) is 5.91 Å². The number of aromatic nitrogens is 2. The number of nitrogens with zero attached hydrogens (tertiary/aromatic N) is 2. The summed E-state index contributed by atoms with van der Waals surface area (Å²) in [6.45, 7) is 0. The van der Waals surface area contributed by atoms with Crippen molar-refractivity contribution in [3.8, 4) is 0 Å². The number of anilines is 2. The van der Waals surface area contributed by atoms with Crippen LogP contribution in [0.2, 0.25) is 0 Å². The van der Waals surface area contributed by atoms with E-state index in [4.69, 9.17) is 21.3 Å². The lowest BCUT2D eigenvalue weighted by Crippen LogP contribution is -2.55. The van der Waals surface area contributed by atoms with Gasteiger partial charge in [-0.25, -0.2) is 19.6 Å². The number of carbonyl (C=O) groups is 3. The van der Waals surface area contributed by atoms with Crippen LogP contribution in [0.4, 0.5) is 11.4 Å². The molecule has 0 unspecified atom stereocenters. The largest absolute Gasteiger partial charge is 0.476 e. The van der Waals surface area contributed by atoms with Gasteiger partial charge in [0.1, 0.15) is 5.54 Å². The van der Waals surface area contributed by atoms with Crippen LogP contribution >= 0.6 is 0 Å². The van der Waals surface area contributed by atoms with Gasteiger partial charge in [0.2, 0.25) is 0 Å². The first-order valence-corrected chi connectivity index (χ1v) is 13.2. The molecule has 1 amide bonds. The van der Waals surface area contributed by atoms with E-state index in [0.29, 0.717) is 29.6 Å². The lowest BCUT2D eigenvalue weighted by atomic mass is 9.83. The number of fused-ring (bicyclic) bond motifs is 2. The molecule has 2 aromatic carbocycles. The zero-order valence-corrected chi connectivity index (χ0v) is 22.4. The first kappa shape index (κ1) is 28.3. The van der Waals surface area contributed by atoms with Gasteiger partial charge in [-0.1, -0.05) is 68.5 Å². The summed E-state index contributed by atoms with van der Waals surface area (Å²) in [6, 6.07) is 18.1. The number of hydrogen-bond acceptors (Lipinski definition) is 8. The fraction of sp³-hybridized carbons (Fsp3) is 0.300. The Bertz CT molecular complexity index is 1550. The Morgan fingerprint density at radius 2 is 1.27 bits per heavy atom. The molecule has 4 aromatic rings. The van der Waals surface area contributed by atoms with Crippen molar-refractivity contribution in [2.75, 3.05) is 18.6 Å². The van der Waals surface area contributed by atoms with Crippen molar-refractivity contribution in [2.45, 2.75) is 50.5 Å². The first-order valence-electron chi connectivity index (χ1n) is 13.2. The van der Waals surface area contributed by atoms with Crippen LogP contribution in [0, 0.1) is 0 Å². The van der Waals surface area contributed by atoms with Crippen LogP contribution in [0.3, 0.4) is 0 Å². The molecule has 40 heavy (non-hydrogen) atoms.